The van der Waals surface area contributed by atoms with Crippen molar-refractivity contribution in [3.05, 3.63) is 18.2 Å². The van der Waals surface area contributed by atoms with Crippen LogP contribution in [0.2, 0.25) is 0 Å². The summed E-state index contributed by atoms with van der Waals surface area (Å²) in [7, 11) is 0. The molecule has 0 bridgehead atoms. The first-order valence-electron chi connectivity index (χ1n) is 7.69. The van der Waals surface area contributed by atoms with Crippen molar-refractivity contribution in [2.45, 2.75) is 32.3 Å². The molecule has 0 saturated carbocycles. The standard InChI is InChI=1S/C16H25N3OS/c1-4-8-17-10-12(3)11-21-16-18-14-7-6-13(20-5-2)9-15(14)19-16/h6-7,9,12,17H,4-5,8,10-11H2,1-3H3,(H,18,19). The van der Waals surface area contributed by atoms with E-state index in [1.807, 2.05) is 25.1 Å². The molecule has 0 aliphatic heterocycles. The van der Waals surface area contributed by atoms with Crippen molar-refractivity contribution in [2.24, 2.45) is 5.92 Å². The lowest BCUT2D eigenvalue weighted by molar-refractivity contribution is 0.340. The number of aromatic nitrogens is 2. The lowest BCUT2D eigenvalue weighted by atomic mass is 10.2. The number of H-pyrrole nitrogens is 1. The highest BCUT2D eigenvalue weighted by atomic mass is 32.2. The molecule has 1 aromatic heterocycles. The SMILES string of the molecule is CCCNCC(C)CSc1nc2ccc(OCC)cc2[nH]1. The lowest BCUT2D eigenvalue weighted by Crippen LogP contribution is -2.23. The summed E-state index contributed by atoms with van der Waals surface area (Å²) in [5.41, 5.74) is 2.04. The number of ether oxygens (including phenoxy) is 1. The number of nitrogens with one attached hydrogen (secondary N) is 2. The van der Waals surface area contributed by atoms with Crippen LogP contribution < -0.4 is 10.1 Å². The van der Waals surface area contributed by atoms with Gasteiger partial charge >= 0.3 is 0 Å². The van der Waals surface area contributed by atoms with Crippen LogP contribution in [0.15, 0.2) is 23.4 Å². The number of fused-ring (bicyclic) bond motifs is 1. The summed E-state index contributed by atoms with van der Waals surface area (Å²) < 4.78 is 5.51. The molecule has 0 radical (unpaired) electrons. The number of hydrogen-bond acceptors (Lipinski definition) is 4. The summed E-state index contributed by atoms with van der Waals surface area (Å²) in [6.07, 6.45) is 1.19. The van der Waals surface area contributed by atoms with Gasteiger partial charge in [0.15, 0.2) is 5.16 Å². The fourth-order valence-electron chi connectivity index (χ4n) is 2.10. The molecular weight excluding hydrogens is 282 g/mol. The Kier molecular flexibility index (Phi) is 6.39. The van der Waals surface area contributed by atoms with Crippen LogP contribution in [0.4, 0.5) is 0 Å². The van der Waals surface area contributed by atoms with E-state index in [2.05, 4.69) is 29.1 Å². The molecule has 0 aliphatic rings. The molecule has 2 rings (SSSR count). The average molecular weight is 307 g/mol. The highest BCUT2D eigenvalue weighted by Crippen LogP contribution is 2.24. The van der Waals surface area contributed by atoms with Crippen molar-refractivity contribution in [1.29, 1.82) is 0 Å². The molecule has 0 aliphatic carbocycles. The molecule has 1 aromatic carbocycles. The quantitative estimate of drug-likeness (QED) is 0.548. The smallest absolute Gasteiger partial charge is 0.166 e. The predicted octanol–water partition coefficient (Wildman–Crippen LogP) is 3.69. The van der Waals surface area contributed by atoms with Gasteiger partial charge in [-0.1, -0.05) is 25.6 Å². The van der Waals surface area contributed by atoms with Crippen molar-refractivity contribution < 1.29 is 4.74 Å². The Morgan fingerprint density at radius 2 is 2.24 bits per heavy atom. The maximum absolute atomic E-state index is 5.51. The molecule has 0 fully saturated rings. The van der Waals surface area contributed by atoms with Gasteiger partial charge < -0.3 is 15.0 Å². The minimum atomic E-state index is 0.633. The van der Waals surface area contributed by atoms with Gasteiger partial charge in [-0.25, -0.2) is 4.98 Å². The average Bonchev–Trinajstić information content (AvgIpc) is 2.88. The van der Waals surface area contributed by atoms with E-state index >= 15 is 0 Å². The number of rotatable bonds is 9. The molecule has 0 spiro atoms. The molecular formula is C16H25N3OS. The number of nitrogens with zero attached hydrogens (tertiary/aromatic N) is 1. The Hall–Kier alpha value is -1.20. The molecule has 4 nitrogen and oxygen atoms in total. The summed E-state index contributed by atoms with van der Waals surface area (Å²) in [6.45, 7) is 9.30. The second kappa shape index (κ2) is 8.29. The summed E-state index contributed by atoms with van der Waals surface area (Å²) in [5.74, 6) is 2.59. The molecule has 2 aromatic rings. The summed E-state index contributed by atoms with van der Waals surface area (Å²) in [5, 5.41) is 4.45. The van der Waals surface area contributed by atoms with Crippen molar-refractivity contribution in [3.8, 4) is 5.75 Å². The van der Waals surface area contributed by atoms with Crippen molar-refractivity contribution >= 4 is 22.8 Å². The Bertz CT molecular complexity index is 555. The van der Waals surface area contributed by atoms with Gasteiger partial charge in [0.05, 0.1) is 17.6 Å². The lowest BCUT2D eigenvalue weighted by Gasteiger charge is -2.10. The summed E-state index contributed by atoms with van der Waals surface area (Å²) in [4.78, 5) is 7.98. The van der Waals surface area contributed by atoms with Crippen molar-refractivity contribution in [3.63, 3.8) is 0 Å². The van der Waals surface area contributed by atoms with Crippen LogP contribution in [0.3, 0.4) is 0 Å². The van der Waals surface area contributed by atoms with Gasteiger partial charge in [0, 0.05) is 11.8 Å². The minimum absolute atomic E-state index is 0.633. The minimum Gasteiger partial charge on any atom is -0.494 e. The van der Waals surface area contributed by atoms with Gasteiger partial charge in [-0.05, 0) is 44.5 Å². The molecule has 0 amide bonds. The van der Waals surface area contributed by atoms with Gasteiger partial charge in [0.2, 0.25) is 0 Å². The topological polar surface area (TPSA) is 49.9 Å². The zero-order valence-corrected chi connectivity index (χ0v) is 13.9. The Labute approximate surface area is 131 Å². The predicted molar refractivity (Wildman–Crippen MR) is 90.3 cm³/mol. The Balaban J connectivity index is 1.90. The molecule has 1 atom stereocenters. The second-order valence-electron chi connectivity index (χ2n) is 5.27. The summed E-state index contributed by atoms with van der Waals surface area (Å²) >= 11 is 1.78. The maximum atomic E-state index is 5.51. The Morgan fingerprint density at radius 1 is 1.38 bits per heavy atom. The van der Waals surface area contributed by atoms with Gasteiger partial charge in [0.25, 0.3) is 0 Å². The Morgan fingerprint density at radius 3 is 3.00 bits per heavy atom. The third-order valence-electron chi connectivity index (χ3n) is 3.17. The fourth-order valence-corrected chi connectivity index (χ4v) is 3.00. The first kappa shape index (κ1) is 16.2. The third-order valence-corrected chi connectivity index (χ3v) is 4.37. The molecule has 1 heterocycles. The zero-order chi connectivity index (χ0) is 15.1. The zero-order valence-electron chi connectivity index (χ0n) is 13.1. The first-order valence-corrected chi connectivity index (χ1v) is 8.67. The fraction of sp³-hybridized carbons (Fsp3) is 0.562. The van der Waals surface area contributed by atoms with Crippen LogP contribution in [0.5, 0.6) is 5.75 Å². The van der Waals surface area contributed by atoms with Gasteiger partial charge in [-0.2, -0.15) is 0 Å². The van der Waals surface area contributed by atoms with Gasteiger partial charge in [-0.15, -0.1) is 0 Å². The molecule has 116 valence electrons. The van der Waals surface area contributed by atoms with Crippen molar-refractivity contribution in [1.82, 2.24) is 15.3 Å². The number of hydrogen-bond donors (Lipinski definition) is 2. The third kappa shape index (κ3) is 4.93. The highest BCUT2D eigenvalue weighted by molar-refractivity contribution is 7.99. The first-order chi connectivity index (χ1) is 10.2. The van der Waals surface area contributed by atoms with Crippen LogP contribution in [-0.2, 0) is 0 Å². The largest absolute Gasteiger partial charge is 0.494 e. The normalized spacial score (nSPS) is 12.7. The van der Waals surface area contributed by atoms with Gasteiger partial charge in [-0.3, -0.25) is 0 Å². The van der Waals surface area contributed by atoms with E-state index in [0.717, 1.165) is 40.8 Å². The van der Waals surface area contributed by atoms with E-state index in [9.17, 15) is 0 Å². The van der Waals surface area contributed by atoms with Crippen LogP contribution in [-0.4, -0.2) is 35.4 Å². The molecule has 0 saturated heterocycles. The van der Waals surface area contributed by atoms with Crippen LogP contribution in [0.1, 0.15) is 27.2 Å². The van der Waals surface area contributed by atoms with E-state index in [1.165, 1.54) is 6.42 Å². The number of thioether (sulfide) groups is 1. The van der Waals surface area contributed by atoms with Crippen LogP contribution >= 0.6 is 11.8 Å². The summed E-state index contributed by atoms with van der Waals surface area (Å²) in [6, 6.07) is 5.99. The second-order valence-corrected chi connectivity index (χ2v) is 6.28. The number of aromatic amines is 1. The van der Waals surface area contributed by atoms with Crippen LogP contribution in [0.25, 0.3) is 11.0 Å². The maximum Gasteiger partial charge on any atom is 0.166 e. The molecule has 2 N–H and O–H groups in total. The van der Waals surface area contributed by atoms with E-state index in [4.69, 9.17) is 4.74 Å². The number of imidazole rings is 1. The van der Waals surface area contributed by atoms with E-state index in [0.29, 0.717) is 12.5 Å². The van der Waals surface area contributed by atoms with Gasteiger partial charge in [0.1, 0.15) is 5.75 Å². The molecule has 1 unspecified atom stereocenters. The monoisotopic (exact) mass is 307 g/mol. The van der Waals surface area contributed by atoms with Crippen LogP contribution in [0, 0.1) is 5.92 Å². The van der Waals surface area contributed by atoms with Crippen molar-refractivity contribution in [2.75, 3.05) is 25.4 Å². The number of benzene rings is 1. The molecule has 21 heavy (non-hydrogen) atoms. The van der Waals surface area contributed by atoms with E-state index < -0.39 is 0 Å². The highest BCUT2D eigenvalue weighted by Gasteiger charge is 2.07. The van der Waals surface area contributed by atoms with E-state index in [1.54, 1.807) is 11.8 Å². The van der Waals surface area contributed by atoms with E-state index in [-0.39, 0.29) is 0 Å². The molecule has 5 heteroatoms.